The van der Waals surface area contributed by atoms with E-state index in [0.29, 0.717) is 27.6 Å². The molecule has 0 spiro atoms. The number of nitrogens with zero attached hydrogens (tertiary/aromatic N) is 1. The number of rotatable bonds is 3. The number of nitro groups is 1. The van der Waals surface area contributed by atoms with Crippen molar-refractivity contribution < 1.29 is 14.4 Å². The average molecular weight is 318 g/mol. The first kappa shape index (κ1) is 14.4. The molecule has 0 aliphatic carbocycles. The Morgan fingerprint density at radius 2 is 2.09 bits per heavy atom. The van der Waals surface area contributed by atoms with Gasteiger partial charge in [-0.2, -0.15) is 0 Å². The first-order valence-electron chi connectivity index (χ1n) is 6.54. The van der Waals surface area contributed by atoms with Gasteiger partial charge in [0.2, 0.25) is 6.10 Å². The minimum absolute atomic E-state index is 0.0278. The summed E-state index contributed by atoms with van der Waals surface area (Å²) in [5.74, 6) is 1.16. The van der Waals surface area contributed by atoms with Gasteiger partial charge in [0.05, 0.1) is 12.0 Å². The number of halogens is 1. The molecule has 0 bridgehead atoms. The Balaban J connectivity index is 2.09. The van der Waals surface area contributed by atoms with Crippen molar-refractivity contribution >= 4 is 17.7 Å². The summed E-state index contributed by atoms with van der Waals surface area (Å²) in [6.07, 6.45) is 0.706. The van der Waals surface area contributed by atoms with Gasteiger partial charge < -0.3 is 9.47 Å². The molecule has 2 aromatic rings. The highest BCUT2D eigenvalue weighted by molar-refractivity contribution is 6.30. The zero-order valence-electron chi connectivity index (χ0n) is 11.7. The fourth-order valence-corrected chi connectivity index (χ4v) is 2.54. The van der Waals surface area contributed by atoms with E-state index >= 15 is 0 Å². The van der Waals surface area contributed by atoms with Gasteiger partial charge in [-0.05, 0) is 24.3 Å². The number of benzene rings is 2. The van der Waals surface area contributed by atoms with Crippen molar-refractivity contribution in [2.24, 2.45) is 0 Å². The summed E-state index contributed by atoms with van der Waals surface area (Å²) in [6.45, 7) is 0. The lowest BCUT2D eigenvalue weighted by molar-refractivity contribution is -0.434. The third kappa shape index (κ3) is 2.63. The molecule has 0 radical (unpaired) electrons. The van der Waals surface area contributed by atoms with E-state index in [1.165, 1.54) is 6.08 Å². The second-order valence-corrected chi connectivity index (χ2v) is 5.22. The van der Waals surface area contributed by atoms with E-state index in [9.17, 15) is 10.1 Å². The molecular formula is C16H12ClNO4. The van der Waals surface area contributed by atoms with Crippen LogP contribution in [0.4, 0.5) is 0 Å². The lowest BCUT2D eigenvalue weighted by Crippen LogP contribution is -2.19. The largest absolute Gasteiger partial charge is 0.497 e. The number of hydrogen-bond acceptors (Lipinski definition) is 4. The fourth-order valence-electron chi connectivity index (χ4n) is 2.34. The normalized spacial score (nSPS) is 16.3. The van der Waals surface area contributed by atoms with Crippen LogP contribution in [-0.4, -0.2) is 12.0 Å². The van der Waals surface area contributed by atoms with Crippen LogP contribution in [0.15, 0.2) is 48.2 Å². The maximum absolute atomic E-state index is 11.4. The molecule has 0 saturated carbocycles. The van der Waals surface area contributed by atoms with Gasteiger partial charge in [-0.1, -0.05) is 23.7 Å². The summed E-state index contributed by atoms with van der Waals surface area (Å²) in [6, 6.07) is 12.0. The van der Waals surface area contributed by atoms with Gasteiger partial charge in [-0.3, -0.25) is 10.1 Å². The zero-order valence-corrected chi connectivity index (χ0v) is 12.4. The molecule has 0 aromatic heterocycles. The van der Waals surface area contributed by atoms with E-state index in [-0.39, 0.29) is 5.70 Å². The molecule has 5 nitrogen and oxygen atoms in total. The molecular weight excluding hydrogens is 306 g/mol. The molecule has 22 heavy (non-hydrogen) atoms. The SMILES string of the molecule is COc1ccc2c(c1)O[C@H](c1cccc(Cl)c1)C([N+](=O)[O-])=C2. The lowest BCUT2D eigenvalue weighted by atomic mass is 10.0. The zero-order chi connectivity index (χ0) is 15.7. The number of methoxy groups -OCH3 is 1. The van der Waals surface area contributed by atoms with E-state index in [4.69, 9.17) is 21.1 Å². The molecule has 0 unspecified atom stereocenters. The maximum atomic E-state index is 11.4. The van der Waals surface area contributed by atoms with Crippen LogP contribution in [0, 0.1) is 10.1 Å². The highest BCUT2D eigenvalue weighted by Gasteiger charge is 2.33. The second-order valence-electron chi connectivity index (χ2n) is 4.78. The highest BCUT2D eigenvalue weighted by Crippen LogP contribution is 2.39. The van der Waals surface area contributed by atoms with Crippen LogP contribution >= 0.6 is 11.6 Å². The van der Waals surface area contributed by atoms with E-state index < -0.39 is 11.0 Å². The van der Waals surface area contributed by atoms with Gasteiger partial charge in [0.1, 0.15) is 11.5 Å². The van der Waals surface area contributed by atoms with Gasteiger partial charge in [0.15, 0.2) is 0 Å². The Kier molecular flexibility index (Phi) is 3.73. The fraction of sp³-hybridized carbons (Fsp3) is 0.125. The van der Waals surface area contributed by atoms with E-state index in [1.54, 1.807) is 49.6 Å². The Labute approximate surface area is 131 Å². The van der Waals surface area contributed by atoms with Gasteiger partial charge in [0.25, 0.3) is 5.70 Å². The van der Waals surface area contributed by atoms with E-state index in [0.717, 1.165) is 0 Å². The van der Waals surface area contributed by atoms with Gasteiger partial charge in [-0.25, -0.2) is 0 Å². The van der Waals surface area contributed by atoms with Gasteiger partial charge in [0, 0.05) is 28.3 Å². The predicted octanol–water partition coefficient (Wildman–Crippen LogP) is 4.10. The molecule has 0 amide bonds. The monoisotopic (exact) mass is 317 g/mol. The predicted molar refractivity (Wildman–Crippen MR) is 82.8 cm³/mol. The van der Waals surface area contributed by atoms with Crippen LogP contribution in [0.3, 0.4) is 0 Å². The Morgan fingerprint density at radius 1 is 1.27 bits per heavy atom. The van der Waals surface area contributed by atoms with Crippen molar-refractivity contribution in [1.29, 1.82) is 0 Å². The first-order chi connectivity index (χ1) is 10.6. The van der Waals surface area contributed by atoms with Crippen LogP contribution in [-0.2, 0) is 0 Å². The Hall–Kier alpha value is -2.53. The van der Waals surface area contributed by atoms with E-state index in [1.807, 2.05) is 0 Å². The molecule has 0 saturated heterocycles. The molecule has 0 N–H and O–H groups in total. The van der Waals surface area contributed by atoms with Crippen molar-refractivity contribution in [2.45, 2.75) is 6.10 Å². The second kappa shape index (κ2) is 5.69. The minimum Gasteiger partial charge on any atom is -0.497 e. The van der Waals surface area contributed by atoms with Crippen molar-refractivity contribution in [3.8, 4) is 11.5 Å². The summed E-state index contributed by atoms with van der Waals surface area (Å²) >= 11 is 5.97. The summed E-state index contributed by atoms with van der Waals surface area (Å²) < 4.78 is 11.0. The van der Waals surface area contributed by atoms with Crippen LogP contribution in [0.25, 0.3) is 6.08 Å². The standard InChI is InChI=1S/C16H12ClNO4/c1-21-13-6-5-10-8-14(18(19)20)16(22-15(10)9-13)11-3-2-4-12(17)7-11/h2-9,16H,1H3/t16-/m1/s1. The summed E-state index contributed by atoms with van der Waals surface area (Å²) in [4.78, 5) is 10.9. The Bertz CT molecular complexity index is 772. The third-order valence-electron chi connectivity index (χ3n) is 3.40. The third-order valence-corrected chi connectivity index (χ3v) is 3.63. The maximum Gasteiger partial charge on any atom is 0.291 e. The quantitative estimate of drug-likeness (QED) is 0.631. The lowest BCUT2D eigenvalue weighted by Gasteiger charge is -2.23. The van der Waals surface area contributed by atoms with E-state index in [2.05, 4.69) is 0 Å². The topological polar surface area (TPSA) is 61.6 Å². The van der Waals surface area contributed by atoms with Crippen LogP contribution in [0.1, 0.15) is 17.2 Å². The van der Waals surface area contributed by atoms with Gasteiger partial charge >= 0.3 is 0 Å². The van der Waals surface area contributed by atoms with Crippen LogP contribution in [0.2, 0.25) is 5.02 Å². The highest BCUT2D eigenvalue weighted by atomic mass is 35.5. The molecule has 112 valence electrons. The van der Waals surface area contributed by atoms with Gasteiger partial charge in [-0.15, -0.1) is 0 Å². The first-order valence-corrected chi connectivity index (χ1v) is 6.92. The molecule has 2 aromatic carbocycles. The molecule has 6 heteroatoms. The minimum atomic E-state index is -0.812. The summed E-state index contributed by atoms with van der Waals surface area (Å²) in [5, 5.41) is 11.9. The number of fused-ring (bicyclic) bond motifs is 1. The summed E-state index contributed by atoms with van der Waals surface area (Å²) in [5.41, 5.74) is 1.25. The Morgan fingerprint density at radius 3 is 2.77 bits per heavy atom. The smallest absolute Gasteiger partial charge is 0.291 e. The van der Waals surface area contributed by atoms with Crippen molar-refractivity contribution in [3.63, 3.8) is 0 Å². The van der Waals surface area contributed by atoms with Crippen LogP contribution in [0.5, 0.6) is 11.5 Å². The number of hydrogen-bond donors (Lipinski definition) is 0. The molecule has 1 aliphatic rings. The van der Waals surface area contributed by atoms with Crippen molar-refractivity contribution in [2.75, 3.05) is 7.11 Å². The van der Waals surface area contributed by atoms with Crippen molar-refractivity contribution in [3.05, 3.63) is 74.4 Å². The summed E-state index contributed by atoms with van der Waals surface area (Å²) in [7, 11) is 1.55. The number of ether oxygens (including phenoxy) is 2. The average Bonchev–Trinajstić information content (AvgIpc) is 2.53. The van der Waals surface area contributed by atoms with Crippen LogP contribution < -0.4 is 9.47 Å². The molecule has 3 rings (SSSR count). The molecule has 1 heterocycles. The molecule has 0 fully saturated rings. The molecule has 1 atom stereocenters. The van der Waals surface area contributed by atoms with Crippen molar-refractivity contribution in [1.82, 2.24) is 0 Å². The molecule has 1 aliphatic heterocycles.